The van der Waals surface area contributed by atoms with Gasteiger partial charge in [-0.15, -0.1) is 23.1 Å². The van der Waals surface area contributed by atoms with Crippen LogP contribution in [0.5, 0.6) is 0 Å². The van der Waals surface area contributed by atoms with E-state index in [1.807, 2.05) is 23.1 Å². The third kappa shape index (κ3) is 2.24. The van der Waals surface area contributed by atoms with E-state index < -0.39 is 0 Å². The van der Waals surface area contributed by atoms with Gasteiger partial charge in [0.15, 0.2) is 0 Å². The highest BCUT2D eigenvalue weighted by molar-refractivity contribution is 9.11. The van der Waals surface area contributed by atoms with Gasteiger partial charge in [0.2, 0.25) is 0 Å². The average Bonchev–Trinajstić information content (AvgIpc) is 2.61. The van der Waals surface area contributed by atoms with Gasteiger partial charge in [0.25, 0.3) is 0 Å². The zero-order valence-electron chi connectivity index (χ0n) is 7.88. The van der Waals surface area contributed by atoms with Crippen molar-refractivity contribution in [3.8, 4) is 0 Å². The molecule has 0 bridgehead atoms. The van der Waals surface area contributed by atoms with E-state index in [0.717, 1.165) is 19.6 Å². The summed E-state index contributed by atoms with van der Waals surface area (Å²) in [6.07, 6.45) is 5.36. The van der Waals surface area contributed by atoms with Crippen LogP contribution < -0.4 is 0 Å². The molecule has 0 amide bonds. The molecule has 0 unspecified atom stereocenters. The van der Waals surface area contributed by atoms with Gasteiger partial charge in [-0.3, -0.25) is 0 Å². The lowest BCUT2D eigenvalue weighted by molar-refractivity contribution is 0.161. The Hall–Kier alpha value is 0.230. The number of thioether (sulfide) groups is 1. The van der Waals surface area contributed by atoms with E-state index in [2.05, 4.69) is 34.3 Å². The van der Waals surface area contributed by atoms with Crippen LogP contribution in [0.25, 0.3) is 5.57 Å². The van der Waals surface area contributed by atoms with E-state index >= 15 is 0 Å². The number of rotatable bonds is 2. The molecular weight excluding hydrogens is 280 g/mol. The summed E-state index contributed by atoms with van der Waals surface area (Å²) in [6, 6.07) is 2.20. The van der Waals surface area contributed by atoms with Crippen molar-refractivity contribution in [3.63, 3.8) is 0 Å². The van der Waals surface area contributed by atoms with Crippen molar-refractivity contribution in [1.82, 2.24) is 0 Å². The topological polar surface area (TPSA) is 9.23 Å². The lowest BCUT2D eigenvalue weighted by Gasteiger charge is -2.12. The summed E-state index contributed by atoms with van der Waals surface area (Å²) in [5.41, 5.74) is 1.44. The number of thiophene rings is 1. The molecule has 1 aromatic heterocycles. The van der Waals surface area contributed by atoms with Gasteiger partial charge in [-0.2, -0.15) is 0 Å². The SMILES string of the molecule is CSc1cc(Br)sc1C1=CCOCC1. The second-order valence-electron chi connectivity index (χ2n) is 3.00. The van der Waals surface area contributed by atoms with E-state index in [0.29, 0.717) is 0 Å². The molecule has 0 radical (unpaired) electrons. The molecule has 1 aromatic rings. The molecule has 0 spiro atoms. The molecule has 76 valence electrons. The lowest BCUT2D eigenvalue weighted by Crippen LogP contribution is -2.03. The Labute approximate surface area is 101 Å². The normalized spacial score (nSPS) is 16.9. The van der Waals surface area contributed by atoms with Crippen LogP contribution in [-0.2, 0) is 4.74 Å². The van der Waals surface area contributed by atoms with Gasteiger partial charge in [-0.25, -0.2) is 0 Å². The molecule has 0 saturated carbocycles. The van der Waals surface area contributed by atoms with Gasteiger partial charge in [0.1, 0.15) is 0 Å². The molecule has 0 fully saturated rings. The quantitative estimate of drug-likeness (QED) is 0.761. The fraction of sp³-hybridized carbons (Fsp3) is 0.400. The number of hydrogen-bond acceptors (Lipinski definition) is 3. The summed E-state index contributed by atoms with van der Waals surface area (Å²) in [5.74, 6) is 0. The van der Waals surface area contributed by atoms with Crippen LogP contribution in [0.4, 0.5) is 0 Å². The first-order valence-corrected chi connectivity index (χ1v) is 7.25. The van der Waals surface area contributed by atoms with Crippen molar-refractivity contribution in [1.29, 1.82) is 0 Å². The van der Waals surface area contributed by atoms with Crippen LogP contribution in [0.15, 0.2) is 20.8 Å². The maximum Gasteiger partial charge on any atom is 0.0716 e. The second kappa shape index (κ2) is 4.84. The molecule has 0 aromatic carbocycles. The molecule has 0 atom stereocenters. The van der Waals surface area contributed by atoms with E-state index in [4.69, 9.17) is 4.74 Å². The summed E-state index contributed by atoms with van der Waals surface area (Å²) in [6.45, 7) is 1.62. The summed E-state index contributed by atoms with van der Waals surface area (Å²) < 4.78 is 6.52. The highest BCUT2D eigenvalue weighted by Gasteiger charge is 2.13. The van der Waals surface area contributed by atoms with Crippen molar-refractivity contribution in [2.45, 2.75) is 11.3 Å². The molecule has 0 saturated heterocycles. The van der Waals surface area contributed by atoms with Gasteiger partial charge in [0, 0.05) is 9.77 Å². The fourth-order valence-corrected chi connectivity index (χ4v) is 4.17. The molecule has 0 aliphatic carbocycles. The Morgan fingerprint density at radius 2 is 2.43 bits per heavy atom. The smallest absolute Gasteiger partial charge is 0.0716 e. The third-order valence-corrected chi connectivity index (χ3v) is 4.75. The van der Waals surface area contributed by atoms with Crippen LogP contribution in [0.3, 0.4) is 0 Å². The third-order valence-electron chi connectivity index (χ3n) is 2.14. The van der Waals surface area contributed by atoms with Gasteiger partial charge >= 0.3 is 0 Å². The predicted molar refractivity (Wildman–Crippen MR) is 67.2 cm³/mol. The standard InChI is InChI=1S/C10H11BrOS2/c1-13-8-6-9(11)14-10(8)7-2-4-12-5-3-7/h2,6H,3-5H2,1H3. The van der Waals surface area contributed by atoms with E-state index in [-0.39, 0.29) is 0 Å². The van der Waals surface area contributed by atoms with Crippen molar-refractivity contribution < 1.29 is 4.74 Å². The number of hydrogen-bond donors (Lipinski definition) is 0. The Morgan fingerprint density at radius 1 is 1.57 bits per heavy atom. The van der Waals surface area contributed by atoms with Crippen LogP contribution in [0.1, 0.15) is 11.3 Å². The molecular formula is C10H11BrOS2. The fourth-order valence-electron chi connectivity index (χ4n) is 1.45. The van der Waals surface area contributed by atoms with Crippen molar-refractivity contribution in [3.05, 3.63) is 20.8 Å². The number of halogens is 1. The minimum atomic E-state index is 0.763. The Balaban J connectivity index is 2.33. The Morgan fingerprint density at radius 3 is 3.07 bits per heavy atom. The highest BCUT2D eigenvalue weighted by Crippen LogP contribution is 2.39. The highest BCUT2D eigenvalue weighted by atomic mass is 79.9. The van der Waals surface area contributed by atoms with Crippen LogP contribution >= 0.6 is 39.0 Å². The van der Waals surface area contributed by atoms with E-state index in [1.165, 1.54) is 19.1 Å². The minimum Gasteiger partial charge on any atom is -0.377 e. The average molecular weight is 291 g/mol. The summed E-state index contributed by atoms with van der Waals surface area (Å²) in [4.78, 5) is 2.78. The van der Waals surface area contributed by atoms with E-state index in [9.17, 15) is 0 Å². The largest absolute Gasteiger partial charge is 0.377 e. The minimum absolute atomic E-state index is 0.763. The molecule has 14 heavy (non-hydrogen) atoms. The molecule has 0 N–H and O–H groups in total. The van der Waals surface area contributed by atoms with Crippen molar-refractivity contribution in [2.75, 3.05) is 19.5 Å². The van der Waals surface area contributed by atoms with Crippen LogP contribution in [0.2, 0.25) is 0 Å². The molecule has 1 nitrogen and oxygen atoms in total. The van der Waals surface area contributed by atoms with Crippen LogP contribution in [0, 0.1) is 0 Å². The zero-order chi connectivity index (χ0) is 9.97. The van der Waals surface area contributed by atoms with Crippen molar-refractivity contribution in [2.24, 2.45) is 0 Å². The number of ether oxygens (including phenoxy) is 1. The Kier molecular flexibility index (Phi) is 3.71. The monoisotopic (exact) mass is 290 g/mol. The van der Waals surface area contributed by atoms with Gasteiger partial charge in [0.05, 0.1) is 17.0 Å². The van der Waals surface area contributed by atoms with E-state index in [1.54, 1.807) is 0 Å². The summed E-state index contributed by atoms with van der Waals surface area (Å²) >= 11 is 7.16. The maximum absolute atomic E-state index is 5.31. The molecule has 2 rings (SSSR count). The summed E-state index contributed by atoms with van der Waals surface area (Å²) in [7, 11) is 0. The van der Waals surface area contributed by atoms with Crippen LogP contribution in [-0.4, -0.2) is 19.5 Å². The van der Waals surface area contributed by atoms with Gasteiger partial charge in [-0.1, -0.05) is 6.08 Å². The molecule has 4 heteroatoms. The molecule has 1 aliphatic heterocycles. The predicted octanol–water partition coefficient (Wildman–Crippen LogP) is 4.04. The Bertz CT molecular complexity index is 357. The first-order chi connectivity index (χ1) is 6.81. The van der Waals surface area contributed by atoms with Gasteiger partial charge < -0.3 is 4.74 Å². The second-order valence-corrected chi connectivity index (χ2v) is 6.28. The lowest BCUT2D eigenvalue weighted by atomic mass is 10.1. The van der Waals surface area contributed by atoms with Gasteiger partial charge in [-0.05, 0) is 40.2 Å². The van der Waals surface area contributed by atoms with Crippen molar-refractivity contribution >= 4 is 44.6 Å². The maximum atomic E-state index is 5.31. The zero-order valence-corrected chi connectivity index (χ0v) is 11.1. The molecule has 2 heterocycles. The first-order valence-electron chi connectivity index (χ1n) is 4.41. The first kappa shape index (κ1) is 10.7. The summed E-state index contributed by atoms with van der Waals surface area (Å²) in [5, 5.41) is 0. The molecule has 1 aliphatic rings.